The van der Waals surface area contributed by atoms with Gasteiger partial charge in [-0.1, -0.05) is 12.1 Å². The van der Waals surface area contributed by atoms with Gasteiger partial charge in [0.2, 0.25) is 5.88 Å². The number of aromatic amines is 1. The summed E-state index contributed by atoms with van der Waals surface area (Å²) in [5.74, 6) is -0.0484. The van der Waals surface area contributed by atoms with Crippen molar-refractivity contribution < 1.29 is 22.6 Å². The van der Waals surface area contributed by atoms with Crippen molar-refractivity contribution in [2.24, 2.45) is 0 Å². The first-order valence-electron chi connectivity index (χ1n) is 11.9. The van der Waals surface area contributed by atoms with E-state index in [0.29, 0.717) is 31.0 Å². The normalized spacial score (nSPS) is 18.3. The predicted octanol–water partition coefficient (Wildman–Crippen LogP) is 3.76. The molecule has 1 aromatic carbocycles. The van der Waals surface area contributed by atoms with Crippen LogP contribution in [-0.2, 0) is 11.3 Å². The molecular formula is C25H30F3N5O2. The molecule has 4 heterocycles. The molecule has 0 atom stereocenters. The number of benzene rings is 1. The Bertz CT molecular complexity index is 1130. The molecule has 0 aliphatic carbocycles. The van der Waals surface area contributed by atoms with Crippen LogP contribution in [0.3, 0.4) is 0 Å². The largest absolute Gasteiger partial charge is 0.468 e. The molecule has 188 valence electrons. The predicted molar refractivity (Wildman–Crippen MR) is 129 cm³/mol. The van der Waals surface area contributed by atoms with Gasteiger partial charge in [-0.2, -0.15) is 13.2 Å². The first-order valence-corrected chi connectivity index (χ1v) is 11.9. The molecule has 0 unspecified atom stereocenters. The van der Waals surface area contributed by atoms with Gasteiger partial charge in [-0.05, 0) is 25.2 Å². The number of anilines is 1. The van der Waals surface area contributed by atoms with E-state index in [1.807, 2.05) is 18.2 Å². The number of likely N-dealkylation sites (N-methyl/N-ethyl adjacent to an activating group) is 1. The van der Waals surface area contributed by atoms with Crippen molar-refractivity contribution in [2.45, 2.75) is 12.7 Å². The Labute approximate surface area is 202 Å². The van der Waals surface area contributed by atoms with Crippen LogP contribution in [-0.4, -0.2) is 92.1 Å². The van der Waals surface area contributed by atoms with Crippen molar-refractivity contribution in [2.75, 3.05) is 71.0 Å². The number of piperazine rings is 1. The maximum atomic E-state index is 12.8. The fourth-order valence-electron chi connectivity index (χ4n) is 4.59. The second kappa shape index (κ2) is 10.0. The number of halogens is 3. The standard InChI is InChI=1S/C25H30F3N5O2/c1-31-6-8-33(9-7-31)20-4-2-18(3-5-20)24-21-14-19(16-32-10-12-34-13-11-32)29-22(21)15-23(30-24)35-17-25(26,27)28/h2-5,14-15,29H,6-13,16-17H2,1H3. The zero-order chi connectivity index (χ0) is 24.4. The van der Waals surface area contributed by atoms with Gasteiger partial charge in [0.1, 0.15) is 0 Å². The number of pyridine rings is 1. The second-order valence-corrected chi connectivity index (χ2v) is 9.19. The van der Waals surface area contributed by atoms with Crippen LogP contribution in [0.25, 0.3) is 22.2 Å². The molecule has 0 spiro atoms. The van der Waals surface area contributed by atoms with Crippen LogP contribution in [0.15, 0.2) is 36.4 Å². The van der Waals surface area contributed by atoms with Crippen molar-refractivity contribution in [1.29, 1.82) is 0 Å². The minimum atomic E-state index is -4.43. The van der Waals surface area contributed by atoms with Crippen LogP contribution in [0.4, 0.5) is 18.9 Å². The van der Waals surface area contributed by atoms with Gasteiger partial charge in [-0.15, -0.1) is 0 Å². The van der Waals surface area contributed by atoms with Crippen LogP contribution < -0.4 is 9.64 Å². The molecule has 0 amide bonds. The Balaban J connectivity index is 1.45. The van der Waals surface area contributed by atoms with E-state index in [1.165, 1.54) is 0 Å². The minimum Gasteiger partial charge on any atom is -0.468 e. The van der Waals surface area contributed by atoms with Crippen LogP contribution >= 0.6 is 0 Å². The summed E-state index contributed by atoms with van der Waals surface area (Å²) in [4.78, 5) is 14.8. The summed E-state index contributed by atoms with van der Waals surface area (Å²) in [6.07, 6.45) is -4.43. The molecule has 3 aromatic rings. The lowest BCUT2D eigenvalue weighted by molar-refractivity contribution is -0.154. The molecule has 0 radical (unpaired) electrons. The third-order valence-electron chi connectivity index (χ3n) is 6.54. The van der Waals surface area contributed by atoms with Crippen LogP contribution in [0.5, 0.6) is 5.88 Å². The number of alkyl halides is 3. The number of hydrogen-bond donors (Lipinski definition) is 1. The molecule has 7 nitrogen and oxygen atoms in total. The third kappa shape index (κ3) is 5.88. The van der Waals surface area contributed by atoms with Crippen LogP contribution in [0.1, 0.15) is 5.69 Å². The highest BCUT2D eigenvalue weighted by molar-refractivity contribution is 5.94. The van der Waals surface area contributed by atoms with E-state index in [2.05, 4.69) is 43.8 Å². The molecule has 0 saturated carbocycles. The summed E-state index contributed by atoms with van der Waals surface area (Å²) in [6.45, 7) is 6.35. The number of hydrogen-bond acceptors (Lipinski definition) is 6. The summed E-state index contributed by atoms with van der Waals surface area (Å²) < 4.78 is 48.9. The number of H-pyrrole nitrogens is 1. The Kier molecular flexibility index (Phi) is 6.86. The number of fused-ring (bicyclic) bond motifs is 1. The summed E-state index contributed by atoms with van der Waals surface area (Å²) in [7, 11) is 2.12. The Morgan fingerprint density at radius 3 is 2.40 bits per heavy atom. The van der Waals surface area contributed by atoms with E-state index in [9.17, 15) is 13.2 Å². The number of morpholine rings is 1. The maximum absolute atomic E-state index is 12.8. The average molecular weight is 490 g/mol. The quantitative estimate of drug-likeness (QED) is 0.569. The highest BCUT2D eigenvalue weighted by Gasteiger charge is 2.29. The molecule has 2 fully saturated rings. The number of rotatable bonds is 6. The van der Waals surface area contributed by atoms with Crippen molar-refractivity contribution in [3.8, 4) is 17.1 Å². The van der Waals surface area contributed by atoms with Gasteiger partial charge in [0, 0.05) is 74.2 Å². The zero-order valence-corrected chi connectivity index (χ0v) is 19.8. The Hall–Kier alpha value is -2.82. The number of ether oxygens (including phenoxy) is 2. The van der Waals surface area contributed by atoms with E-state index < -0.39 is 12.8 Å². The summed E-state index contributed by atoms with van der Waals surface area (Å²) >= 11 is 0. The maximum Gasteiger partial charge on any atom is 0.422 e. The molecule has 5 rings (SSSR count). The van der Waals surface area contributed by atoms with E-state index in [0.717, 1.165) is 61.6 Å². The molecule has 2 aliphatic heterocycles. The van der Waals surface area contributed by atoms with Gasteiger partial charge in [0.15, 0.2) is 6.61 Å². The molecular weight excluding hydrogens is 459 g/mol. The summed E-state index contributed by atoms with van der Waals surface area (Å²) in [5, 5.41) is 0.861. The number of nitrogens with one attached hydrogen (secondary N) is 1. The summed E-state index contributed by atoms with van der Waals surface area (Å²) in [5.41, 5.74) is 4.26. The molecule has 1 N–H and O–H groups in total. The molecule has 0 bridgehead atoms. The highest BCUT2D eigenvalue weighted by Crippen LogP contribution is 2.33. The number of nitrogens with zero attached hydrogens (tertiary/aromatic N) is 4. The topological polar surface area (TPSA) is 56.9 Å². The lowest BCUT2D eigenvalue weighted by Gasteiger charge is -2.34. The van der Waals surface area contributed by atoms with Crippen LogP contribution in [0, 0.1) is 0 Å². The lowest BCUT2D eigenvalue weighted by atomic mass is 10.1. The van der Waals surface area contributed by atoms with Crippen molar-refractivity contribution >= 4 is 16.6 Å². The van der Waals surface area contributed by atoms with E-state index in [1.54, 1.807) is 6.07 Å². The Morgan fingerprint density at radius 1 is 1.00 bits per heavy atom. The van der Waals surface area contributed by atoms with E-state index in [4.69, 9.17) is 9.47 Å². The Morgan fingerprint density at radius 2 is 1.71 bits per heavy atom. The minimum absolute atomic E-state index is 0.0484. The van der Waals surface area contributed by atoms with E-state index in [-0.39, 0.29) is 5.88 Å². The van der Waals surface area contributed by atoms with Gasteiger partial charge in [0.25, 0.3) is 0 Å². The molecule has 2 saturated heterocycles. The second-order valence-electron chi connectivity index (χ2n) is 9.19. The monoisotopic (exact) mass is 489 g/mol. The van der Waals surface area contributed by atoms with Gasteiger partial charge in [0.05, 0.1) is 24.4 Å². The van der Waals surface area contributed by atoms with Crippen LogP contribution in [0.2, 0.25) is 0 Å². The van der Waals surface area contributed by atoms with Gasteiger partial charge >= 0.3 is 6.18 Å². The lowest BCUT2D eigenvalue weighted by Crippen LogP contribution is -2.44. The van der Waals surface area contributed by atoms with Gasteiger partial charge in [-0.3, -0.25) is 4.90 Å². The fraction of sp³-hybridized carbons (Fsp3) is 0.480. The van der Waals surface area contributed by atoms with E-state index >= 15 is 0 Å². The first kappa shape index (κ1) is 23.9. The average Bonchev–Trinajstić information content (AvgIpc) is 3.25. The van der Waals surface area contributed by atoms with Crippen molar-refractivity contribution in [1.82, 2.24) is 19.8 Å². The summed E-state index contributed by atoms with van der Waals surface area (Å²) in [6, 6.07) is 11.7. The molecule has 2 aliphatic rings. The zero-order valence-electron chi connectivity index (χ0n) is 19.8. The van der Waals surface area contributed by atoms with Crippen molar-refractivity contribution in [3.63, 3.8) is 0 Å². The molecule has 2 aromatic heterocycles. The molecule has 35 heavy (non-hydrogen) atoms. The molecule has 10 heteroatoms. The van der Waals surface area contributed by atoms with Gasteiger partial charge in [-0.25, -0.2) is 4.98 Å². The fourth-order valence-corrected chi connectivity index (χ4v) is 4.59. The SMILES string of the molecule is CN1CCN(c2ccc(-c3nc(OCC(F)(F)F)cc4[nH]c(CN5CCOCC5)cc34)cc2)CC1. The number of aromatic nitrogens is 2. The van der Waals surface area contributed by atoms with Gasteiger partial charge < -0.3 is 24.3 Å². The first-order chi connectivity index (χ1) is 16.8. The smallest absolute Gasteiger partial charge is 0.422 e. The highest BCUT2D eigenvalue weighted by atomic mass is 19.4. The van der Waals surface area contributed by atoms with Crippen molar-refractivity contribution in [3.05, 3.63) is 42.1 Å². The third-order valence-corrected chi connectivity index (χ3v) is 6.54.